The van der Waals surface area contributed by atoms with Crippen molar-refractivity contribution in [3.05, 3.63) is 71.9 Å². The van der Waals surface area contributed by atoms with Crippen LogP contribution in [0.1, 0.15) is 11.5 Å². The maximum atomic E-state index is 13.0. The molecule has 0 bridgehead atoms. The van der Waals surface area contributed by atoms with Gasteiger partial charge in [-0.15, -0.1) is 0 Å². The lowest BCUT2D eigenvalue weighted by atomic mass is 10.1. The van der Waals surface area contributed by atoms with Crippen LogP contribution in [0.5, 0.6) is 0 Å². The summed E-state index contributed by atoms with van der Waals surface area (Å²) in [5.41, 5.74) is 7.73. The van der Waals surface area contributed by atoms with Crippen molar-refractivity contribution in [2.45, 2.75) is 13.0 Å². The van der Waals surface area contributed by atoms with E-state index in [0.29, 0.717) is 24.8 Å². The molecule has 0 spiro atoms. The molecule has 2 N–H and O–H groups in total. The van der Waals surface area contributed by atoms with Crippen LogP contribution in [0.15, 0.2) is 59.1 Å². The summed E-state index contributed by atoms with van der Waals surface area (Å²) in [6.45, 7) is 2.71. The van der Waals surface area contributed by atoms with Crippen LogP contribution in [0.2, 0.25) is 0 Å². The van der Waals surface area contributed by atoms with Crippen molar-refractivity contribution in [2.75, 3.05) is 19.6 Å². The molecule has 3 aromatic rings. The number of hydrogen-bond donors (Lipinski definition) is 1. The first kappa shape index (κ1) is 17.3. The molecular formula is C19H21FN4O. The molecule has 1 aromatic heterocycles. The van der Waals surface area contributed by atoms with Crippen LogP contribution < -0.4 is 5.73 Å². The van der Waals surface area contributed by atoms with Crippen LogP contribution in [-0.4, -0.2) is 34.7 Å². The van der Waals surface area contributed by atoms with Gasteiger partial charge >= 0.3 is 0 Å². The fourth-order valence-electron chi connectivity index (χ4n) is 2.61. The van der Waals surface area contributed by atoms with Crippen LogP contribution in [-0.2, 0) is 13.0 Å². The zero-order valence-electron chi connectivity index (χ0n) is 13.9. The highest BCUT2D eigenvalue weighted by Gasteiger charge is 2.13. The van der Waals surface area contributed by atoms with Crippen molar-refractivity contribution in [2.24, 2.45) is 5.73 Å². The minimum atomic E-state index is -0.289. The second-order valence-electron chi connectivity index (χ2n) is 5.82. The Morgan fingerprint density at radius 1 is 1.00 bits per heavy atom. The quantitative estimate of drug-likeness (QED) is 0.683. The van der Waals surface area contributed by atoms with E-state index in [9.17, 15) is 4.39 Å². The molecule has 0 amide bonds. The summed E-state index contributed by atoms with van der Waals surface area (Å²) < 4.78 is 18.3. The zero-order valence-corrected chi connectivity index (χ0v) is 13.9. The van der Waals surface area contributed by atoms with Gasteiger partial charge in [-0.05, 0) is 36.2 Å². The molecule has 0 saturated heterocycles. The Labute approximate surface area is 146 Å². The van der Waals surface area contributed by atoms with Crippen LogP contribution in [0.4, 0.5) is 4.39 Å². The highest BCUT2D eigenvalue weighted by molar-refractivity contribution is 5.53. The van der Waals surface area contributed by atoms with E-state index in [2.05, 4.69) is 27.2 Å². The van der Waals surface area contributed by atoms with Crippen molar-refractivity contribution >= 4 is 0 Å². The summed E-state index contributed by atoms with van der Waals surface area (Å²) in [6.07, 6.45) is 0.930. The minimum absolute atomic E-state index is 0.289. The molecule has 1 heterocycles. The molecule has 0 aliphatic carbocycles. The second kappa shape index (κ2) is 8.50. The number of nitrogens with zero attached hydrogens (tertiary/aromatic N) is 3. The maximum Gasteiger partial charge on any atom is 0.241 e. The zero-order chi connectivity index (χ0) is 17.5. The molecule has 0 aliphatic rings. The molecule has 0 radical (unpaired) electrons. The van der Waals surface area contributed by atoms with E-state index in [-0.39, 0.29) is 5.82 Å². The summed E-state index contributed by atoms with van der Waals surface area (Å²) in [5.74, 6) is 0.703. The third-order valence-corrected chi connectivity index (χ3v) is 3.93. The Balaban J connectivity index is 1.63. The Bertz CT molecular complexity index is 774. The van der Waals surface area contributed by atoms with E-state index in [0.717, 1.165) is 25.1 Å². The van der Waals surface area contributed by atoms with E-state index < -0.39 is 0 Å². The Morgan fingerprint density at radius 3 is 2.48 bits per heavy atom. The SMILES string of the molecule is NCCN(CCc1ccccc1)Cc1nc(-c2ccc(F)cc2)no1. The van der Waals surface area contributed by atoms with Crippen LogP contribution >= 0.6 is 0 Å². The first-order valence-corrected chi connectivity index (χ1v) is 8.29. The van der Waals surface area contributed by atoms with Crippen LogP contribution in [0.25, 0.3) is 11.4 Å². The molecule has 0 unspecified atom stereocenters. The third kappa shape index (κ3) is 4.95. The predicted molar refractivity (Wildman–Crippen MR) is 94.2 cm³/mol. The van der Waals surface area contributed by atoms with Crippen molar-refractivity contribution in [1.29, 1.82) is 0 Å². The Kier molecular flexibility index (Phi) is 5.87. The largest absolute Gasteiger partial charge is 0.338 e. The molecule has 0 fully saturated rings. The molecule has 3 rings (SSSR count). The summed E-state index contributed by atoms with van der Waals surface area (Å²) in [6, 6.07) is 16.3. The van der Waals surface area contributed by atoms with Gasteiger partial charge in [0.15, 0.2) is 0 Å². The number of rotatable bonds is 8. The van der Waals surface area contributed by atoms with Gasteiger partial charge in [0.05, 0.1) is 6.54 Å². The lowest BCUT2D eigenvalue weighted by Crippen LogP contribution is -2.31. The third-order valence-electron chi connectivity index (χ3n) is 3.93. The van der Waals surface area contributed by atoms with Crippen molar-refractivity contribution in [1.82, 2.24) is 15.0 Å². The van der Waals surface area contributed by atoms with Gasteiger partial charge in [-0.2, -0.15) is 4.98 Å². The summed E-state index contributed by atoms with van der Waals surface area (Å²) in [4.78, 5) is 6.59. The average molecular weight is 340 g/mol. The molecule has 0 atom stereocenters. The second-order valence-corrected chi connectivity index (χ2v) is 5.82. The number of benzene rings is 2. The van der Waals surface area contributed by atoms with E-state index in [1.807, 2.05) is 18.2 Å². The van der Waals surface area contributed by atoms with E-state index in [1.165, 1.54) is 17.7 Å². The molecule has 0 saturated carbocycles. The van der Waals surface area contributed by atoms with Gasteiger partial charge in [0.25, 0.3) is 0 Å². The predicted octanol–water partition coefficient (Wildman–Crippen LogP) is 2.88. The molecule has 0 aliphatic heterocycles. The highest BCUT2D eigenvalue weighted by Crippen LogP contribution is 2.17. The van der Waals surface area contributed by atoms with Crippen molar-refractivity contribution in [3.63, 3.8) is 0 Å². The van der Waals surface area contributed by atoms with Gasteiger partial charge in [-0.1, -0.05) is 35.5 Å². The highest BCUT2D eigenvalue weighted by atomic mass is 19.1. The van der Waals surface area contributed by atoms with E-state index in [1.54, 1.807) is 12.1 Å². The first-order valence-electron chi connectivity index (χ1n) is 8.29. The standard InChI is InChI=1S/C19H21FN4O/c20-17-8-6-16(7-9-17)19-22-18(25-23-19)14-24(13-11-21)12-10-15-4-2-1-3-5-15/h1-9H,10-14,21H2. The van der Waals surface area contributed by atoms with Crippen molar-refractivity contribution < 1.29 is 8.91 Å². The summed E-state index contributed by atoms with van der Waals surface area (Å²) >= 11 is 0. The maximum absolute atomic E-state index is 13.0. The summed E-state index contributed by atoms with van der Waals surface area (Å²) in [5, 5.41) is 3.98. The Morgan fingerprint density at radius 2 is 1.76 bits per heavy atom. The first-order chi connectivity index (χ1) is 12.2. The summed E-state index contributed by atoms with van der Waals surface area (Å²) in [7, 11) is 0. The minimum Gasteiger partial charge on any atom is -0.338 e. The monoisotopic (exact) mass is 340 g/mol. The van der Waals surface area contributed by atoms with Gasteiger partial charge in [-0.3, -0.25) is 4.90 Å². The number of aromatic nitrogens is 2. The number of hydrogen-bond acceptors (Lipinski definition) is 5. The fourth-order valence-corrected chi connectivity index (χ4v) is 2.61. The lowest BCUT2D eigenvalue weighted by molar-refractivity contribution is 0.234. The van der Waals surface area contributed by atoms with Gasteiger partial charge in [0.1, 0.15) is 5.82 Å². The smallest absolute Gasteiger partial charge is 0.241 e. The lowest BCUT2D eigenvalue weighted by Gasteiger charge is -2.19. The van der Waals surface area contributed by atoms with Gasteiger partial charge in [0, 0.05) is 25.2 Å². The number of nitrogens with two attached hydrogens (primary N) is 1. The molecule has 2 aromatic carbocycles. The molecule has 6 heteroatoms. The molecule has 5 nitrogen and oxygen atoms in total. The number of halogens is 1. The average Bonchev–Trinajstić information content (AvgIpc) is 3.10. The molecule has 25 heavy (non-hydrogen) atoms. The van der Waals surface area contributed by atoms with Gasteiger partial charge in [-0.25, -0.2) is 4.39 Å². The molecule has 130 valence electrons. The Hall–Kier alpha value is -2.57. The fraction of sp³-hybridized carbons (Fsp3) is 0.263. The topological polar surface area (TPSA) is 68.2 Å². The van der Waals surface area contributed by atoms with E-state index in [4.69, 9.17) is 10.3 Å². The normalized spacial score (nSPS) is 11.2. The van der Waals surface area contributed by atoms with Crippen LogP contribution in [0, 0.1) is 5.82 Å². The van der Waals surface area contributed by atoms with E-state index >= 15 is 0 Å². The van der Waals surface area contributed by atoms with Gasteiger partial charge in [0.2, 0.25) is 11.7 Å². The van der Waals surface area contributed by atoms with Crippen LogP contribution in [0.3, 0.4) is 0 Å². The van der Waals surface area contributed by atoms with Gasteiger partial charge < -0.3 is 10.3 Å². The van der Waals surface area contributed by atoms with Crippen molar-refractivity contribution in [3.8, 4) is 11.4 Å². The molecular weight excluding hydrogens is 319 g/mol.